The maximum Gasteiger partial charge on any atom is 0.225 e. The highest BCUT2D eigenvalue weighted by Gasteiger charge is 2.21. The average Bonchev–Trinajstić information content (AvgIpc) is 2.69. The predicted molar refractivity (Wildman–Crippen MR) is 105 cm³/mol. The molecule has 1 aliphatic heterocycles. The molecule has 142 valence electrons. The molecule has 1 aliphatic rings. The Morgan fingerprint density at radius 3 is 2.67 bits per heavy atom. The number of likely N-dealkylation sites (tertiary alicyclic amines) is 1. The number of pyridine rings is 1. The fraction of sp³-hybridized carbons (Fsp3) is 0.409. The molecule has 0 aliphatic carbocycles. The van der Waals surface area contributed by atoms with Crippen LogP contribution in [0.4, 0.5) is 0 Å². The molecule has 0 saturated carbocycles. The first-order chi connectivity index (χ1) is 13.1. The van der Waals surface area contributed by atoms with Crippen molar-refractivity contribution in [1.82, 2.24) is 14.8 Å². The summed E-state index contributed by atoms with van der Waals surface area (Å²) >= 11 is 0. The van der Waals surface area contributed by atoms with Crippen molar-refractivity contribution in [2.75, 3.05) is 13.1 Å². The second-order valence-electron chi connectivity index (χ2n) is 7.09. The molecule has 0 atom stereocenters. The van der Waals surface area contributed by atoms with E-state index in [0.29, 0.717) is 32.5 Å². The third-order valence-corrected chi connectivity index (χ3v) is 5.04. The summed E-state index contributed by atoms with van der Waals surface area (Å²) < 4.78 is 0. The molecule has 0 bridgehead atoms. The van der Waals surface area contributed by atoms with Gasteiger partial charge in [0.15, 0.2) is 0 Å². The van der Waals surface area contributed by atoms with Crippen LogP contribution in [0.3, 0.4) is 0 Å². The summed E-state index contributed by atoms with van der Waals surface area (Å²) in [7, 11) is 0. The van der Waals surface area contributed by atoms with E-state index in [2.05, 4.69) is 4.98 Å². The lowest BCUT2D eigenvalue weighted by atomic mass is 10.1. The van der Waals surface area contributed by atoms with Gasteiger partial charge in [-0.2, -0.15) is 0 Å². The van der Waals surface area contributed by atoms with Gasteiger partial charge in [-0.15, -0.1) is 0 Å². The number of amides is 2. The summed E-state index contributed by atoms with van der Waals surface area (Å²) in [5, 5.41) is 0. The molecule has 27 heavy (non-hydrogen) atoms. The van der Waals surface area contributed by atoms with Crippen molar-refractivity contribution in [1.29, 1.82) is 0 Å². The van der Waals surface area contributed by atoms with Gasteiger partial charge in [-0.25, -0.2) is 0 Å². The van der Waals surface area contributed by atoms with Crippen molar-refractivity contribution in [2.45, 2.75) is 45.7 Å². The monoisotopic (exact) mass is 365 g/mol. The molecule has 5 heteroatoms. The second kappa shape index (κ2) is 9.31. The van der Waals surface area contributed by atoms with Crippen LogP contribution in [0.2, 0.25) is 0 Å². The van der Waals surface area contributed by atoms with E-state index in [1.54, 1.807) is 6.20 Å². The van der Waals surface area contributed by atoms with Gasteiger partial charge >= 0.3 is 0 Å². The lowest BCUT2D eigenvalue weighted by molar-refractivity contribution is -0.136. The normalized spacial score (nSPS) is 14.3. The van der Waals surface area contributed by atoms with E-state index in [4.69, 9.17) is 0 Å². The van der Waals surface area contributed by atoms with Gasteiger partial charge in [0, 0.05) is 38.7 Å². The maximum absolute atomic E-state index is 13.0. The Bertz CT molecular complexity index is 776. The molecule has 2 heterocycles. The van der Waals surface area contributed by atoms with E-state index in [1.807, 2.05) is 59.2 Å². The molecular weight excluding hydrogens is 338 g/mol. The number of nitrogens with zero attached hydrogens (tertiary/aromatic N) is 3. The number of carbonyl (C=O) groups excluding carboxylic acids is 2. The minimum atomic E-state index is 0.0577. The van der Waals surface area contributed by atoms with Crippen molar-refractivity contribution in [3.8, 4) is 0 Å². The van der Waals surface area contributed by atoms with E-state index in [1.165, 1.54) is 0 Å². The minimum Gasteiger partial charge on any atom is -0.342 e. The van der Waals surface area contributed by atoms with E-state index in [-0.39, 0.29) is 11.8 Å². The lowest BCUT2D eigenvalue weighted by Crippen LogP contribution is -2.39. The van der Waals surface area contributed by atoms with Crippen molar-refractivity contribution < 1.29 is 9.59 Å². The Labute approximate surface area is 161 Å². The zero-order valence-corrected chi connectivity index (χ0v) is 15.9. The summed E-state index contributed by atoms with van der Waals surface area (Å²) in [4.78, 5) is 33.1. The fourth-order valence-electron chi connectivity index (χ4n) is 3.39. The molecule has 1 aromatic carbocycles. The van der Waals surface area contributed by atoms with Crippen molar-refractivity contribution in [2.24, 2.45) is 0 Å². The van der Waals surface area contributed by atoms with Gasteiger partial charge in [-0.1, -0.05) is 36.4 Å². The van der Waals surface area contributed by atoms with E-state index < -0.39 is 0 Å². The summed E-state index contributed by atoms with van der Waals surface area (Å²) in [5.41, 5.74) is 3.08. The largest absolute Gasteiger partial charge is 0.342 e. The highest BCUT2D eigenvalue weighted by atomic mass is 16.2. The SMILES string of the molecule is Cc1cccnc1CN(Cc1ccccc1)C(=O)CCN1CCCCC1=O. The summed E-state index contributed by atoms with van der Waals surface area (Å²) in [5.74, 6) is 0.228. The molecule has 0 spiro atoms. The molecule has 0 N–H and O–H groups in total. The molecule has 2 aromatic rings. The number of benzene rings is 1. The standard InChI is InChI=1S/C22H27N3O2/c1-18-8-7-13-23-20(18)17-25(16-19-9-3-2-4-10-19)22(27)12-15-24-14-6-5-11-21(24)26/h2-4,7-10,13H,5-6,11-12,14-17H2,1H3. The first kappa shape index (κ1) is 19.1. The molecule has 2 amide bonds. The highest BCUT2D eigenvalue weighted by molar-refractivity contribution is 5.79. The Morgan fingerprint density at radius 2 is 1.93 bits per heavy atom. The summed E-state index contributed by atoms with van der Waals surface area (Å²) in [6.07, 6.45) is 4.71. The van der Waals surface area contributed by atoms with Crippen LogP contribution in [-0.2, 0) is 22.7 Å². The summed E-state index contributed by atoms with van der Waals surface area (Å²) in [6, 6.07) is 13.9. The van der Waals surface area contributed by atoms with Crippen molar-refractivity contribution in [3.63, 3.8) is 0 Å². The fourth-order valence-corrected chi connectivity index (χ4v) is 3.39. The molecule has 1 aromatic heterocycles. The molecular formula is C22H27N3O2. The van der Waals surface area contributed by atoms with Crippen LogP contribution in [0.5, 0.6) is 0 Å². The number of aromatic nitrogens is 1. The Morgan fingerprint density at radius 1 is 1.11 bits per heavy atom. The highest BCUT2D eigenvalue weighted by Crippen LogP contribution is 2.15. The number of aryl methyl sites for hydroxylation is 1. The van der Waals surface area contributed by atoms with Crippen LogP contribution in [0, 0.1) is 6.92 Å². The van der Waals surface area contributed by atoms with Gasteiger partial charge in [0.05, 0.1) is 12.2 Å². The molecule has 1 fully saturated rings. The van der Waals surface area contributed by atoms with E-state index >= 15 is 0 Å². The number of hydrogen-bond donors (Lipinski definition) is 0. The maximum atomic E-state index is 13.0. The minimum absolute atomic E-state index is 0.0577. The number of hydrogen-bond acceptors (Lipinski definition) is 3. The third kappa shape index (κ3) is 5.39. The van der Waals surface area contributed by atoms with Gasteiger partial charge in [0.1, 0.15) is 0 Å². The third-order valence-electron chi connectivity index (χ3n) is 5.04. The van der Waals surface area contributed by atoms with Gasteiger partial charge in [0.2, 0.25) is 11.8 Å². The average molecular weight is 365 g/mol. The zero-order valence-electron chi connectivity index (χ0n) is 15.9. The van der Waals surface area contributed by atoms with Gasteiger partial charge in [0.25, 0.3) is 0 Å². The van der Waals surface area contributed by atoms with Crippen LogP contribution in [0.25, 0.3) is 0 Å². The Hall–Kier alpha value is -2.69. The quantitative estimate of drug-likeness (QED) is 0.756. The zero-order chi connectivity index (χ0) is 19.1. The van der Waals surface area contributed by atoms with Gasteiger partial charge in [-0.05, 0) is 37.0 Å². The van der Waals surface area contributed by atoms with Crippen LogP contribution in [0.15, 0.2) is 48.7 Å². The first-order valence-electron chi connectivity index (χ1n) is 9.63. The first-order valence-corrected chi connectivity index (χ1v) is 9.63. The summed E-state index contributed by atoms with van der Waals surface area (Å²) in [6.45, 7) is 4.31. The van der Waals surface area contributed by atoms with Gasteiger partial charge in [-0.3, -0.25) is 14.6 Å². The van der Waals surface area contributed by atoms with E-state index in [0.717, 1.165) is 36.2 Å². The van der Waals surface area contributed by atoms with Crippen LogP contribution in [-0.4, -0.2) is 39.7 Å². The topological polar surface area (TPSA) is 53.5 Å². The predicted octanol–water partition coefficient (Wildman–Crippen LogP) is 3.32. The van der Waals surface area contributed by atoms with Gasteiger partial charge < -0.3 is 9.80 Å². The Kier molecular flexibility index (Phi) is 6.58. The number of piperidine rings is 1. The van der Waals surface area contributed by atoms with E-state index in [9.17, 15) is 9.59 Å². The van der Waals surface area contributed by atoms with Crippen molar-refractivity contribution in [3.05, 3.63) is 65.5 Å². The molecule has 1 saturated heterocycles. The molecule has 5 nitrogen and oxygen atoms in total. The Balaban J connectivity index is 1.69. The van der Waals surface area contributed by atoms with Crippen molar-refractivity contribution >= 4 is 11.8 Å². The number of carbonyl (C=O) groups is 2. The number of rotatable bonds is 7. The smallest absolute Gasteiger partial charge is 0.225 e. The van der Waals surface area contributed by atoms with Crippen LogP contribution in [0.1, 0.15) is 42.5 Å². The lowest BCUT2D eigenvalue weighted by Gasteiger charge is -2.28. The molecule has 0 unspecified atom stereocenters. The van der Waals surface area contributed by atoms with Crippen LogP contribution < -0.4 is 0 Å². The molecule has 0 radical (unpaired) electrons. The molecule has 3 rings (SSSR count). The van der Waals surface area contributed by atoms with Crippen LogP contribution >= 0.6 is 0 Å². The second-order valence-corrected chi connectivity index (χ2v) is 7.09.